The van der Waals surface area contributed by atoms with Gasteiger partial charge >= 0.3 is 5.97 Å². The minimum atomic E-state index is -1.03. The Labute approximate surface area is 104 Å². The molecule has 0 bridgehead atoms. The van der Waals surface area contributed by atoms with E-state index in [1.807, 2.05) is 30.3 Å². The topological polar surface area (TPSA) is 66.8 Å². The fourth-order valence-electron chi connectivity index (χ4n) is 1.68. The minimum Gasteiger partial charge on any atom is -0.491 e. The number of rotatable bonds is 5. The molecule has 0 spiro atoms. The molecule has 0 saturated heterocycles. The van der Waals surface area contributed by atoms with Gasteiger partial charge in [-0.15, -0.1) is 0 Å². The first-order valence-corrected chi connectivity index (χ1v) is 5.53. The molecule has 18 heavy (non-hydrogen) atoms. The molecular weight excluding hydrogens is 234 g/mol. The van der Waals surface area contributed by atoms with E-state index in [1.54, 1.807) is 0 Å². The van der Waals surface area contributed by atoms with Crippen LogP contribution in [0.25, 0.3) is 0 Å². The van der Waals surface area contributed by atoms with Gasteiger partial charge in [0.25, 0.3) is 5.91 Å². The van der Waals surface area contributed by atoms with Crippen molar-refractivity contribution in [3.8, 4) is 0 Å². The number of amides is 1. The van der Waals surface area contributed by atoms with Crippen molar-refractivity contribution in [3.63, 3.8) is 0 Å². The third kappa shape index (κ3) is 3.10. The molecule has 0 radical (unpaired) electrons. The third-order valence-electron chi connectivity index (χ3n) is 2.54. The van der Waals surface area contributed by atoms with Crippen molar-refractivity contribution in [3.05, 3.63) is 47.7 Å². The zero-order valence-corrected chi connectivity index (χ0v) is 9.70. The summed E-state index contributed by atoms with van der Waals surface area (Å²) in [6.45, 7) is 0.298. The molecule has 5 nitrogen and oxygen atoms in total. The Bertz CT molecular complexity index is 481. The molecule has 0 aromatic heterocycles. The van der Waals surface area contributed by atoms with Crippen molar-refractivity contribution < 1.29 is 19.4 Å². The van der Waals surface area contributed by atoms with E-state index in [0.717, 1.165) is 5.56 Å². The van der Waals surface area contributed by atoms with Crippen LogP contribution < -0.4 is 0 Å². The van der Waals surface area contributed by atoms with Crippen LogP contribution in [0, 0.1) is 0 Å². The Kier molecular flexibility index (Phi) is 3.62. The van der Waals surface area contributed by atoms with Gasteiger partial charge in [0.2, 0.25) is 0 Å². The molecule has 1 aliphatic rings. The van der Waals surface area contributed by atoms with Gasteiger partial charge in [-0.3, -0.25) is 9.59 Å². The molecule has 1 aromatic rings. The lowest BCUT2D eigenvalue weighted by Gasteiger charge is -2.13. The number of hydrogen-bond acceptors (Lipinski definition) is 3. The molecule has 0 unspecified atom stereocenters. The number of carbonyl (C=O) groups is 2. The van der Waals surface area contributed by atoms with Crippen molar-refractivity contribution >= 4 is 11.9 Å². The van der Waals surface area contributed by atoms with Crippen LogP contribution in [0.5, 0.6) is 0 Å². The van der Waals surface area contributed by atoms with E-state index in [2.05, 4.69) is 0 Å². The van der Waals surface area contributed by atoms with Crippen molar-refractivity contribution in [1.29, 1.82) is 0 Å². The summed E-state index contributed by atoms with van der Waals surface area (Å²) in [6.07, 6.45) is 1.34. The lowest BCUT2D eigenvalue weighted by molar-refractivity contribution is -0.142. The highest BCUT2D eigenvalue weighted by molar-refractivity contribution is 5.92. The Morgan fingerprint density at radius 2 is 2.06 bits per heavy atom. The van der Waals surface area contributed by atoms with Crippen LogP contribution in [0.3, 0.4) is 0 Å². The Hall–Kier alpha value is -2.30. The maximum atomic E-state index is 11.4. The second-order valence-corrected chi connectivity index (χ2v) is 3.97. The van der Waals surface area contributed by atoms with E-state index in [9.17, 15) is 9.59 Å². The first-order chi connectivity index (χ1) is 8.65. The van der Waals surface area contributed by atoms with Crippen LogP contribution in [0.1, 0.15) is 5.56 Å². The summed E-state index contributed by atoms with van der Waals surface area (Å²) in [5.74, 6) is -0.841. The molecule has 1 N–H and O–H groups in total. The van der Waals surface area contributed by atoms with Crippen LogP contribution in [-0.2, 0) is 20.9 Å². The number of carboxylic acid groups (broad SMARTS) is 1. The van der Waals surface area contributed by atoms with Gasteiger partial charge in [-0.1, -0.05) is 30.3 Å². The van der Waals surface area contributed by atoms with E-state index in [1.165, 1.54) is 11.0 Å². The van der Waals surface area contributed by atoms with Gasteiger partial charge in [-0.05, 0) is 5.56 Å². The summed E-state index contributed by atoms with van der Waals surface area (Å²) >= 11 is 0. The largest absolute Gasteiger partial charge is 0.491 e. The summed E-state index contributed by atoms with van der Waals surface area (Å²) in [7, 11) is 0. The van der Waals surface area contributed by atoms with Gasteiger partial charge in [0, 0.05) is 6.08 Å². The summed E-state index contributed by atoms with van der Waals surface area (Å²) in [5.41, 5.74) is 1.00. The highest BCUT2D eigenvalue weighted by Gasteiger charge is 2.24. The quantitative estimate of drug-likeness (QED) is 0.843. The molecular formula is C13H13NO4. The second-order valence-electron chi connectivity index (χ2n) is 3.97. The molecule has 0 aliphatic carbocycles. The standard InChI is InChI=1S/C13H13NO4/c15-12-6-11(7-14(12)8-13(16)17)18-9-10-4-2-1-3-5-10/h1-6H,7-9H2,(H,16,17). The van der Waals surface area contributed by atoms with Crippen molar-refractivity contribution in [2.45, 2.75) is 6.61 Å². The second kappa shape index (κ2) is 5.35. The fraction of sp³-hybridized carbons (Fsp3) is 0.231. The monoisotopic (exact) mass is 247 g/mol. The van der Waals surface area contributed by atoms with E-state index in [-0.39, 0.29) is 19.0 Å². The Morgan fingerprint density at radius 3 is 2.72 bits per heavy atom. The summed E-state index contributed by atoms with van der Waals surface area (Å²) < 4.78 is 5.48. The summed E-state index contributed by atoms with van der Waals surface area (Å²) in [5, 5.41) is 8.63. The van der Waals surface area contributed by atoms with Crippen molar-refractivity contribution in [2.75, 3.05) is 13.1 Å². The maximum Gasteiger partial charge on any atom is 0.323 e. The molecule has 2 rings (SSSR count). The number of ether oxygens (including phenoxy) is 1. The molecule has 0 fully saturated rings. The normalized spacial score (nSPS) is 14.6. The molecule has 1 aliphatic heterocycles. The lowest BCUT2D eigenvalue weighted by atomic mass is 10.2. The zero-order valence-electron chi connectivity index (χ0n) is 9.70. The molecule has 0 atom stereocenters. The number of benzene rings is 1. The average molecular weight is 247 g/mol. The van der Waals surface area contributed by atoms with Crippen LogP contribution in [0.15, 0.2) is 42.2 Å². The third-order valence-corrected chi connectivity index (χ3v) is 2.54. The zero-order chi connectivity index (χ0) is 13.0. The SMILES string of the molecule is O=C(O)CN1CC(OCc2ccccc2)=CC1=O. The van der Waals surface area contributed by atoms with Crippen LogP contribution in [-0.4, -0.2) is 35.0 Å². The number of carbonyl (C=O) groups excluding carboxylic acids is 1. The highest BCUT2D eigenvalue weighted by atomic mass is 16.5. The van der Waals surface area contributed by atoms with E-state index in [0.29, 0.717) is 12.4 Å². The van der Waals surface area contributed by atoms with Gasteiger partial charge in [0.1, 0.15) is 18.9 Å². The van der Waals surface area contributed by atoms with Gasteiger partial charge in [0.15, 0.2) is 0 Å². The molecule has 94 valence electrons. The van der Waals surface area contributed by atoms with Gasteiger partial charge in [-0.2, -0.15) is 0 Å². The van der Waals surface area contributed by atoms with Gasteiger partial charge in [-0.25, -0.2) is 0 Å². The number of carboxylic acids is 1. The van der Waals surface area contributed by atoms with Crippen molar-refractivity contribution in [1.82, 2.24) is 4.90 Å². The van der Waals surface area contributed by atoms with Crippen LogP contribution in [0.4, 0.5) is 0 Å². The predicted octanol–water partition coefficient (Wildman–Crippen LogP) is 1.01. The fourth-order valence-corrected chi connectivity index (χ4v) is 1.68. The Morgan fingerprint density at radius 1 is 1.33 bits per heavy atom. The number of nitrogens with zero attached hydrogens (tertiary/aromatic N) is 1. The van der Waals surface area contributed by atoms with E-state index >= 15 is 0 Å². The van der Waals surface area contributed by atoms with Gasteiger partial charge < -0.3 is 14.7 Å². The Balaban J connectivity index is 1.87. The predicted molar refractivity (Wildman–Crippen MR) is 63.5 cm³/mol. The van der Waals surface area contributed by atoms with Crippen LogP contribution in [0.2, 0.25) is 0 Å². The molecule has 1 heterocycles. The summed E-state index contributed by atoms with van der Waals surface area (Å²) in [4.78, 5) is 23.2. The maximum absolute atomic E-state index is 11.4. The lowest BCUT2D eigenvalue weighted by Crippen LogP contribution is -2.31. The van der Waals surface area contributed by atoms with Gasteiger partial charge in [0.05, 0.1) is 6.54 Å². The van der Waals surface area contributed by atoms with Crippen LogP contribution >= 0.6 is 0 Å². The first-order valence-electron chi connectivity index (χ1n) is 5.53. The molecule has 5 heteroatoms. The summed E-state index contributed by atoms with van der Waals surface area (Å²) in [6, 6.07) is 9.57. The molecule has 0 saturated carbocycles. The molecule has 1 aromatic carbocycles. The molecule has 1 amide bonds. The number of aliphatic carboxylic acids is 1. The smallest absolute Gasteiger partial charge is 0.323 e. The number of hydrogen-bond donors (Lipinski definition) is 1. The van der Waals surface area contributed by atoms with Crippen molar-refractivity contribution in [2.24, 2.45) is 0 Å². The van der Waals surface area contributed by atoms with E-state index in [4.69, 9.17) is 9.84 Å². The van der Waals surface area contributed by atoms with E-state index < -0.39 is 5.97 Å². The average Bonchev–Trinajstić information content (AvgIpc) is 2.68. The minimum absolute atomic E-state index is 0.220. The highest BCUT2D eigenvalue weighted by Crippen LogP contribution is 2.13. The first kappa shape index (κ1) is 12.2.